The van der Waals surface area contributed by atoms with Crippen molar-refractivity contribution in [2.75, 3.05) is 11.9 Å². The third-order valence-electron chi connectivity index (χ3n) is 2.35. The summed E-state index contributed by atoms with van der Waals surface area (Å²) in [5.41, 5.74) is 2.30. The molecule has 0 fully saturated rings. The molecule has 2 rings (SSSR count). The Labute approximate surface area is 89.8 Å². The molecule has 0 radical (unpaired) electrons. The van der Waals surface area contributed by atoms with Crippen LogP contribution in [-0.4, -0.2) is 16.1 Å². The molecule has 0 aliphatic carbocycles. The van der Waals surface area contributed by atoms with E-state index in [0.717, 1.165) is 23.7 Å². The molecule has 1 N–H and O–H groups in total. The van der Waals surface area contributed by atoms with Gasteiger partial charge in [-0.15, -0.1) is 0 Å². The van der Waals surface area contributed by atoms with Gasteiger partial charge in [0.25, 0.3) is 0 Å². The number of imidazole rings is 1. The summed E-state index contributed by atoms with van der Waals surface area (Å²) < 4.78 is 2.07. The highest BCUT2D eigenvalue weighted by Crippen LogP contribution is 2.14. The number of hydrogen-bond donors (Lipinski definition) is 1. The average Bonchev–Trinajstić information content (AvgIpc) is 2.66. The fraction of sp³-hybridized carbons (Fsp3) is 0.250. The van der Waals surface area contributed by atoms with E-state index in [9.17, 15) is 0 Å². The molecule has 0 saturated heterocycles. The minimum atomic E-state index is 0.948. The predicted molar refractivity (Wildman–Crippen MR) is 62.5 cm³/mol. The number of nitrogens with one attached hydrogen (secondary N) is 1. The number of benzene rings is 1. The average molecular weight is 201 g/mol. The number of hydrogen-bond acceptors (Lipinski definition) is 2. The molecule has 0 aliphatic heterocycles. The number of nitrogens with zero attached hydrogens (tertiary/aromatic N) is 2. The van der Waals surface area contributed by atoms with Crippen molar-refractivity contribution in [3.8, 4) is 5.69 Å². The molecule has 0 saturated carbocycles. The van der Waals surface area contributed by atoms with Crippen molar-refractivity contribution in [1.29, 1.82) is 0 Å². The zero-order valence-corrected chi connectivity index (χ0v) is 9.07. The molecule has 0 amide bonds. The summed E-state index contributed by atoms with van der Waals surface area (Å²) in [6, 6.07) is 8.34. The maximum atomic E-state index is 4.20. The normalized spacial score (nSPS) is 10.3. The fourth-order valence-corrected chi connectivity index (χ4v) is 1.59. The molecule has 1 aromatic carbocycles. The summed E-state index contributed by atoms with van der Waals surface area (Å²) in [6.45, 7) is 5.04. The summed E-state index contributed by atoms with van der Waals surface area (Å²) >= 11 is 0. The smallest absolute Gasteiger partial charge is 0.110 e. The Hall–Kier alpha value is -1.77. The summed E-state index contributed by atoms with van der Waals surface area (Å²) in [5, 5.41) is 3.27. The minimum Gasteiger partial charge on any atom is -0.385 e. The molecule has 0 unspecified atom stereocenters. The Morgan fingerprint density at radius 2 is 2.00 bits per heavy atom. The maximum absolute atomic E-state index is 4.20. The van der Waals surface area contributed by atoms with E-state index in [1.54, 1.807) is 0 Å². The first kappa shape index (κ1) is 9.77. The van der Waals surface area contributed by atoms with Gasteiger partial charge in [0.1, 0.15) is 5.82 Å². The van der Waals surface area contributed by atoms with E-state index in [1.807, 2.05) is 19.3 Å². The van der Waals surface area contributed by atoms with Crippen LogP contribution in [0.3, 0.4) is 0 Å². The second-order valence-corrected chi connectivity index (χ2v) is 3.42. The maximum Gasteiger partial charge on any atom is 0.110 e. The zero-order valence-electron chi connectivity index (χ0n) is 9.07. The van der Waals surface area contributed by atoms with E-state index in [-0.39, 0.29) is 0 Å². The second-order valence-electron chi connectivity index (χ2n) is 3.42. The summed E-state index contributed by atoms with van der Waals surface area (Å²) in [6.07, 6.45) is 3.78. The molecule has 0 atom stereocenters. The van der Waals surface area contributed by atoms with Gasteiger partial charge in [-0.25, -0.2) is 4.98 Å². The van der Waals surface area contributed by atoms with E-state index < -0.39 is 0 Å². The molecule has 2 aromatic rings. The van der Waals surface area contributed by atoms with E-state index in [0.29, 0.717) is 0 Å². The van der Waals surface area contributed by atoms with Gasteiger partial charge in [0, 0.05) is 30.3 Å². The fourth-order valence-electron chi connectivity index (χ4n) is 1.59. The van der Waals surface area contributed by atoms with Gasteiger partial charge >= 0.3 is 0 Å². The van der Waals surface area contributed by atoms with E-state index in [2.05, 4.69) is 46.1 Å². The van der Waals surface area contributed by atoms with E-state index in [1.165, 1.54) is 0 Å². The second kappa shape index (κ2) is 4.17. The molecule has 1 heterocycles. The lowest BCUT2D eigenvalue weighted by molar-refractivity contribution is 0.975. The van der Waals surface area contributed by atoms with Gasteiger partial charge in [0.2, 0.25) is 0 Å². The Balaban J connectivity index is 2.28. The summed E-state index contributed by atoms with van der Waals surface area (Å²) in [5.74, 6) is 1.01. The van der Waals surface area contributed by atoms with Gasteiger partial charge in [-0.05, 0) is 38.1 Å². The molecule has 3 nitrogen and oxygen atoms in total. The van der Waals surface area contributed by atoms with Crippen LogP contribution in [0, 0.1) is 6.92 Å². The lowest BCUT2D eigenvalue weighted by Gasteiger charge is -2.07. The van der Waals surface area contributed by atoms with Crippen molar-refractivity contribution in [1.82, 2.24) is 9.55 Å². The van der Waals surface area contributed by atoms with Crippen molar-refractivity contribution in [2.24, 2.45) is 0 Å². The van der Waals surface area contributed by atoms with Crippen LogP contribution in [0.1, 0.15) is 12.7 Å². The van der Waals surface area contributed by atoms with Crippen LogP contribution in [0.15, 0.2) is 36.7 Å². The first-order valence-corrected chi connectivity index (χ1v) is 5.15. The highest BCUT2D eigenvalue weighted by atomic mass is 15.1. The number of aromatic nitrogens is 2. The van der Waals surface area contributed by atoms with Crippen LogP contribution in [0.2, 0.25) is 0 Å². The molecule has 15 heavy (non-hydrogen) atoms. The Morgan fingerprint density at radius 1 is 1.27 bits per heavy atom. The van der Waals surface area contributed by atoms with Crippen molar-refractivity contribution < 1.29 is 0 Å². The van der Waals surface area contributed by atoms with Gasteiger partial charge < -0.3 is 9.88 Å². The molecule has 0 spiro atoms. The van der Waals surface area contributed by atoms with E-state index in [4.69, 9.17) is 0 Å². The lowest BCUT2D eigenvalue weighted by Crippen LogP contribution is -1.98. The summed E-state index contributed by atoms with van der Waals surface area (Å²) in [4.78, 5) is 4.20. The highest BCUT2D eigenvalue weighted by molar-refractivity contribution is 5.48. The lowest BCUT2D eigenvalue weighted by atomic mass is 10.2. The minimum absolute atomic E-state index is 0.948. The van der Waals surface area contributed by atoms with Crippen LogP contribution >= 0.6 is 0 Å². The topological polar surface area (TPSA) is 29.9 Å². The van der Waals surface area contributed by atoms with Crippen LogP contribution in [0.4, 0.5) is 5.69 Å². The number of rotatable bonds is 3. The SMILES string of the molecule is CCNc1ccc(-n2ccnc2C)cc1. The Morgan fingerprint density at radius 3 is 2.53 bits per heavy atom. The van der Waals surface area contributed by atoms with Crippen molar-refractivity contribution >= 4 is 5.69 Å². The van der Waals surface area contributed by atoms with Crippen LogP contribution in [0.25, 0.3) is 5.69 Å². The first-order chi connectivity index (χ1) is 7.31. The summed E-state index contributed by atoms with van der Waals surface area (Å²) in [7, 11) is 0. The third kappa shape index (κ3) is 2.01. The standard InChI is InChI=1S/C12H15N3/c1-3-13-11-4-6-12(7-5-11)15-9-8-14-10(15)2/h4-9,13H,3H2,1-2H3. The monoisotopic (exact) mass is 201 g/mol. The Kier molecular flexibility index (Phi) is 2.72. The molecular weight excluding hydrogens is 186 g/mol. The van der Waals surface area contributed by atoms with Crippen LogP contribution < -0.4 is 5.32 Å². The quantitative estimate of drug-likeness (QED) is 0.827. The predicted octanol–water partition coefficient (Wildman–Crippen LogP) is 2.61. The van der Waals surface area contributed by atoms with Gasteiger partial charge in [0.05, 0.1) is 0 Å². The van der Waals surface area contributed by atoms with Gasteiger partial charge in [-0.1, -0.05) is 0 Å². The third-order valence-corrected chi connectivity index (χ3v) is 2.35. The molecule has 78 valence electrons. The molecule has 0 aliphatic rings. The molecule has 0 bridgehead atoms. The van der Waals surface area contributed by atoms with Gasteiger partial charge in [-0.2, -0.15) is 0 Å². The zero-order chi connectivity index (χ0) is 10.7. The van der Waals surface area contributed by atoms with Crippen LogP contribution in [-0.2, 0) is 0 Å². The first-order valence-electron chi connectivity index (χ1n) is 5.15. The number of anilines is 1. The van der Waals surface area contributed by atoms with E-state index >= 15 is 0 Å². The van der Waals surface area contributed by atoms with Crippen LogP contribution in [0.5, 0.6) is 0 Å². The van der Waals surface area contributed by atoms with Crippen molar-refractivity contribution in [3.63, 3.8) is 0 Å². The van der Waals surface area contributed by atoms with Gasteiger partial charge in [0.15, 0.2) is 0 Å². The highest BCUT2D eigenvalue weighted by Gasteiger charge is 1.99. The van der Waals surface area contributed by atoms with Gasteiger partial charge in [-0.3, -0.25) is 0 Å². The number of aryl methyl sites for hydroxylation is 1. The van der Waals surface area contributed by atoms with Crippen molar-refractivity contribution in [3.05, 3.63) is 42.5 Å². The Bertz CT molecular complexity index is 428. The van der Waals surface area contributed by atoms with Crippen molar-refractivity contribution in [2.45, 2.75) is 13.8 Å². The largest absolute Gasteiger partial charge is 0.385 e. The molecular formula is C12H15N3. The molecule has 3 heteroatoms. The molecule has 1 aromatic heterocycles.